The second-order valence-corrected chi connectivity index (χ2v) is 5.68. The Labute approximate surface area is 154 Å². The maximum Gasteiger partial charge on any atom is 0.389 e. The third-order valence-electron chi connectivity index (χ3n) is 3.44. The zero-order valence-electron chi connectivity index (χ0n) is 14.9. The van der Waals surface area contributed by atoms with Crippen LogP contribution in [0.1, 0.15) is 37.9 Å². The summed E-state index contributed by atoms with van der Waals surface area (Å²) in [5, 5.41) is 16.0. The average molecular weight is 397 g/mol. The number of rotatable bonds is 10. The predicted octanol–water partition coefficient (Wildman–Crippen LogP) is 3.61. The van der Waals surface area contributed by atoms with Crippen molar-refractivity contribution in [3.63, 3.8) is 0 Å². The Balaban J connectivity index is 2.48. The van der Waals surface area contributed by atoms with Crippen molar-refractivity contribution >= 4 is 5.96 Å². The second kappa shape index (κ2) is 11.6. The minimum absolute atomic E-state index is 0.00701. The lowest BCUT2D eigenvalue weighted by molar-refractivity contribution is -0.135. The smallest absolute Gasteiger partial charge is 0.389 e. The molecule has 0 bridgehead atoms. The highest BCUT2D eigenvalue weighted by atomic mass is 19.4. The lowest BCUT2D eigenvalue weighted by atomic mass is 10.1. The van der Waals surface area contributed by atoms with Gasteiger partial charge >= 0.3 is 12.8 Å². The van der Waals surface area contributed by atoms with Crippen LogP contribution in [-0.4, -0.2) is 43.5 Å². The van der Waals surface area contributed by atoms with Gasteiger partial charge in [-0.2, -0.15) is 22.0 Å². The van der Waals surface area contributed by atoms with Gasteiger partial charge in [-0.1, -0.05) is 12.1 Å². The molecule has 0 aliphatic rings. The lowest BCUT2D eigenvalue weighted by Gasteiger charge is -2.14. The quantitative estimate of drug-likeness (QED) is 0.244. The van der Waals surface area contributed by atoms with Gasteiger partial charge in [-0.25, -0.2) is 0 Å². The van der Waals surface area contributed by atoms with Crippen LogP contribution < -0.4 is 15.4 Å². The zero-order chi connectivity index (χ0) is 20.3. The SMILES string of the molecule is CCNC(=NCC(O)c1ccc(OC(F)F)cc1)NCCCCC(F)(F)F. The summed E-state index contributed by atoms with van der Waals surface area (Å²) >= 11 is 0. The van der Waals surface area contributed by atoms with Gasteiger partial charge in [-0.05, 0) is 37.5 Å². The summed E-state index contributed by atoms with van der Waals surface area (Å²) < 4.78 is 64.7. The van der Waals surface area contributed by atoms with E-state index in [-0.39, 0.29) is 18.7 Å². The van der Waals surface area contributed by atoms with E-state index in [2.05, 4.69) is 20.4 Å². The van der Waals surface area contributed by atoms with E-state index in [0.717, 1.165) is 0 Å². The Morgan fingerprint density at radius 3 is 2.37 bits per heavy atom. The normalized spacial score (nSPS) is 13.6. The average Bonchev–Trinajstić information content (AvgIpc) is 2.58. The molecule has 1 aromatic carbocycles. The van der Waals surface area contributed by atoms with Crippen LogP contribution in [0.15, 0.2) is 29.3 Å². The van der Waals surface area contributed by atoms with Crippen LogP contribution in [0.25, 0.3) is 0 Å². The van der Waals surface area contributed by atoms with Crippen LogP contribution in [0.3, 0.4) is 0 Å². The molecule has 0 saturated heterocycles. The predicted molar refractivity (Wildman–Crippen MR) is 91.9 cm³/mol. The molecule has 27 heavy (non-hydrogen) atoms. The number of hydrogen-bond acceptors (Lipinski definition) is 3. The summed E-state index contributed by atoms with van der Waals surface area (Å²) in [5.41, 5.74) is 0.474. The van der Waals surface area contributed by atoms with Gasteiger partial charge in [0.1, 0.15) is 5.75 Å². The van der Waals surface area contributed by atoms with Gasteiger partial charge in [0.25, 0.3) is 0 Å². The topological polar surface area (TPSA) is 65.9 Å². The summed E-state index contributed by atoms with van der Waals surface area (Å²) in [6.07, 6.45) is -5.60. The van der Waals surface area contributed by atoms with Crippen LogP contribution >= 0.6 is 0 Å². The monoisotopic (exact) mass is 397 g/mol. The van der Waals surface area contributed by atoms with Crippen molar-refractivity contribution in [1.82, 2.24) is 10.6 Å². The van der Waals surface area contributed by atoms with Crippen molar-refractivity contribution < 1.29 is 31.8 Å². The second-order valence-electron chi connectivity index (χ2n) is 5.68. The maximum absolute atomic E-state index is 12.1. The molecule has 0 aromatic heterocycles. The minimum atomic E-state index is -4.15. The Morgan fingerprint density at radius 1 is 1.15 bits per heavy atom. The first-order chi connectivity index (χ1) is 12.7. The fourth-order valence-corrected chi connectivity index (χ4v) is 2.15. The molecule has 3 N–H and O–H groups in total. The third kappa shape index (κ3) is 10.6. The Morgan fingerprint density at radius 2 is 1.81 bits per heavy atom. The van der Waals surface area contributed by atoms with Crippen molar-refractivity contribution in [2.24, 2.45) is 4.99 Å². The van der Waals surface area contributed by atoms with Gasteiger partial charge in [-0.15, -0.1) is 0 Å². The van der Waals surface area contributed by atoms with Gasteiger partial charge in [0.05, 0.1) is 12.6 Å². The lowest BCUT2D eigenvalue weighted by Crippen LogP contribution is -2.38. The van der Waals surface area contributed by atoms with E-state index >= 15 is 0 Å². The van der Waals surface area contributed by atoms with Crippen LogP contribution in [0, 0.1) is 0 Å². The standard InChI is InChI=1S/C17H24F5N3O2/c1-2-23-16(24-10-4-3-9-17(20,21)22)25-11-14(26)12-5-7-13(8-6-12)27-15(18)19/h5-8,14-15,26H,2-4,9-11H2,1H3,(H2,23,24,25). The van der Waals surface area contributed by atoms with E-state index in [0.29, 0.717) is 31.0 Å². The largest absolute Gasteiger partial charge is 0.435 e. The number of aliphatic hydroxyl groups excluding tert-OH is 1. The molecule has 1 aromatic rings. The van der Waals surface area contributed by atoms with Gasteiger partial charge < -0.3 is 20.5 Å². The van der Waals surface area contributed by atoms with Crippen LogP contribution in [0.5, 0.6) is 5.75 Å². The minimum Gasteiger partial charge on any atom is -0.435 e. The Kier molecular flexibility index (Phi) is 9.84. The third-order valence-corrected chi connectivity index (χ3v) is 3.44. The van der Waals surface area contributed by atoms with Crippen molar-refractivity contribution in [3.8, 4) is 5.75 Å². The molecule has 1 atom stereocenters. The first-order valence-electron chi connectivity index (χ1n) is 8.53. The number of halogens is 5. The highest BCUT2D eigenvalue weighted by Crippen LogP contribution is 2.22. The molecule has 5 nitrogen and oxygen atoms in total. The number of unbranched alkanes of at least 4 members (excludes halogenated alkanes) is 1. The molecule has 1 rings (SSSR count). The molecule has 0 heterocycles. The zero-order valence-corrected chi connectivity index (χ0v) is 14.9. The molecule has 0 aliphatic heterocycles. The molecule has 0 saturated carbocycles. The van der Waals surface area contributed by atoms with Crippen molar-refractivity contribution in [2.75, 3.05) is 19.6 Å². The fourth-order valence-electron chi connectivity index (χ4n) is 2.15. The molecular weight excluding hydrogens is 373 g/mol. The van der Waals surface area contributed by atoms with E-state index in [1.54, 1.807) is 0 Å². The van der Waals surface area contributed by atoms with Crippen LogP contribution in [0.4, 0.5) is 22.0 Å². The summed E-state index contributed by atoms with van der Waals surface area (Å²) in [4.78, 5) is 4.18. The molecule has 0 fully saturated rings. The summed E-state index contributed by atoms with van der Waals surface area (Å²) in [7, 11) is 0. The van der Waals surface area contributed by atoms with E-state index in [1.165, 1.54) is 24.3 Å². The first kappa shape index (κ1) is 22.9. The van der Waals surface area contributed by atoms with Crippen LogP contribution in [0.2, 0.25) is 0 Å². The number of aliphatic hydroxyl groups is 1. The number of benzene rings is 1. The fraction of sp³-hybridized carbons (Fsp3) is 0.588. The van der Waals surface area contributed by atoms with Crippen molar-refractivity contribution in [2.45, 2.75) is 45.1 Å². The number of alkyl halides is 5. The van der Waals surface area contributed by atoms with Gasteiger partial charge in [-0.3, -0.25) is 4.99 Å². The van der Waals surface area contributed by atoms with Crippen molar-refractivity contribution in [3.05, 3.63) is 29.8 Å². The Hall–Kier alpha value is -2.10. The van der Waals surface area contributed by atoms with E-state index in [9.17, 15) is 27.1 Å². The molecule has 1 unspecified atom stereocenters. The van der Waals surface area contributed by atoms with Gasteiger partial charge in [0.15, 0.2) is 5.96 Å². The summed E-state index contributed by atoms with van der Waals surface area (Å²) in [6.45, 7) is -0.233. The van der Waals surface area contributed by atoms with Gasteiger partial charge in [0.2, 0.25) is 0 Å². The molecule has 0 amide bonds. The van der Waals surface area contributed by atoms with Crippen LogP contribution in [-0.2, 0) is 0 Å². The molecule has 154 valence electrons. The molecule has 0 aliphatic carbocycles. The number of aliphatic imine (C=N–C) groups is 1. The van der Waals surface area contributed by atoms with E-state index in [1.807, 2.05) is 6.92 Å². The highest BCUT2D eigenvalue weighted by molar-refractivity contribution is 5.79. The molecule has 10 heteroatoms. The highest BCUT2D eigenvalue weighted by Gasteiger charge is 2.25. The number of guanidine groups is 1. The Bertz CT molecular complexity index is 565. The van der Waals surface area contributed by atoms with E-state index < -0.39 is 25.3 Å². The molecular formula is C17H24F5N3O2. The van der Waals surface area contributed by atoms with E-state index in [4.69, 9.17) is 0 Å². The number of nitrogens with zero attached hydrogens (tertiary/aromatic N) is 1. The number of hydrogen-bond donors (Lipinski definition) is 3. The first-order valence-corrected chi connectivity index (χ1v) is 8.53. The maximum atomic E-state index is 12.1. The van der Waals surface area contributed by atoms with Crippen molar-refractivity contribution in [1.29, 1.82) is 0 Å². The van der Waals surface area contributed by atoms with Gasteiger partial charge in [0, 0.05) is 19.5 Å². The summed E-state index contributed by atoms with van der Waals surface area (Å²) in [5.74, 6) is 0.361. The number of ether oxygens (including phenoxy) is 1. The molecule has 0 radical (unpaired) electrons. The summed E-state index contributed by atoms with van der Waals surface area (Å²) in [6, 6.07) is 5.54. The number of nitrogens with one attached hydrogen (secondary N) is 2. The molecule has 0 spiro atoms.